The SMILES string of the molecule is Cc1occc1C(=O)[C@@H](C#N)C(=O)NC1CC1. The molecule has 0 unspecified atom stereocenters. The fourth-order valence-corrected chi connectivity index (χ4v) is 1.54. The van der Waals surface area contributed by atoms with Gasteiger partial charge in [-0.15, -0.1) is 0 Å². The second-order valence-electron chi connectivity index (χ2n) is 4.10. The highest BCUT2D eigenvalue weighted by atomic mass is 16.3. The molecular weight excluding hydrogens is 220 g/mol. The molecule has 5 nitrogen and oxygen atoms in total. The van der Waals surface area contributed by atoms with Crippen molar-refractivity contribution in [2.24, 2.45) is 5.92 Å². The highest BCUT2D eigenvalue weighted by Gasteiger charge is 2.33. The van der Waals surface area contributed by atoms with Crippen LogP contribution >= 0.6 is 0 Å². The number of nitriles is 1. The first-order chi connectivity index (χ1) is 8.13. The van der Waals surface area contributed by atoms with Crippen molar-refractivity contribution in [3.8, 4) is 6.07 Å². The molecule has 0 aromatic carbocycles. The number of ketones is 1. The van der Waals surface area contributed by atoms with Gasteiger partial charge in [0.15, 0.2) is 11.7 Å². The number of carbonyl (C=O) groups excluding carboxylic acids is 2. The summed E-state index contributed by atoms with van der Waals surface area (Å²) in [5.41, 5.74) is 0.294. The van der Waals surface area contributed by atoms with Crippen molar-refractivity contribution in [3.63, 3.8) is 0 Å². The van der Waals surface area contributed by atoms with Gasteiger partial charge in [0.05, 0.1) is 17.9 Å². The number of amides is 1. The molecule has 1 N–H and O–H groups in total. The number of aryl methyl sites for hydroxylation is 1. The number of rotatable bonds is 4. The van der Waals surface area contributed by atoms with Crippen LogP contribution in [0.1, 0.15) is 29.0 Å². The third-order valence-corrected chi connectivity index (χ3v) is 2.70. The Labute approximate surface area is 98.4 Å². The zero-order valence-electron chi connectivity index (χ0n) is 9.40. The Morgan fingerprint density at radius 3 is 2.76 bits per heavy atom. The molecule has 0 radical (unpaired) electrons. The Morgan fingerprint density at radius 1 is 1.59 bits per heavy atom. The fourth-order valence-electron chi connectivity index (χ4n) is 1.54. The van der Waals surface area contributed by atoms with E-state index >= 15 is 0 Å². The van der Waals surface area contributed by atoms with Gasteiger partial charge in [-0.05, 0) is 25.8 Å². The van der Waals surface area contributed by atoms with Crippen LogP contribution in [0.15, 0.2) is 16.7 Å². The maximum atomic E-state index is 12.0. The van der Waals surface area contributed by atoms with Gasteiger partial charge >= 0.3 is 0 Å². The standard InChI is InChI=1S/C12H12N2O3/c1-7-9(4-5-17-7)11(15)10(6-13)12(16)14-8-2-3-8/h4-5,8,10H,2-3H2,1H3,(H,14,16)/t10-/m1/s1. The number of furan rings is 1. The monoisotopic (exact) mass is 232 g/mol. The first-order valence-corrected chi connectivity index (χ1v) is 5.41. The minimum Gasteiger partial charge on any atom is -0.469 e. The lowest BCUT2D eigenvalue weighted by Crippen LogP contribution is -2.36. The van der Waals surface area contributed by atoms with E-state index in [0.29, 0.717) is 11.3 Å². The number of carbonyl (C=O) groups is 2. The summed E-state index contributed by atoms with van der Waals surface area (Å²) in [6.45, 7) is 1.63. The van der Waals surface area contributed by atoms with Crippen molar-refractivity contribution < 1.29 is 14.0 Å². The average molecular weight is 232 g/mol. The molecule has 1 aromatic heterocycles. The molecule has 1 aromatic rings. The van der Waals surface area contributed by atoms with E-state index in [4.69, 9.17) is 9.68 Å². The van der Waals surface area contributed by atoms with Crippen LogP contribution < -0.4 is 5.32 Å². The summed E-state index contributed by atoms with van der Waals surface area (Å²) in [5.74, 6) is -1.88. The lowest BCUT2D eigenvalue weighted by Gasteiger charge is -2.07. The topological polar surface area (TPSA) is 83.1 Å². The number of hydrogen-bond donors (Lipinski definition) is 1. The second kappa shape index (κ2) is 4.42. The van der Waals surface area contributed by atoms with E-state index in [0.717, 1.165) is 12.8 Å². The molecule has 0 bridgehead atoms. The maximum absolute atomic E-state index is 12.0. The predicted molar refractivity (Wildman–Crippen MR) is 58.0 cm³/mol. The van der Waals surface area contributed by atoms with Crippen molar-refractivity contribution in [2.45, 2.75) is 25.8 Å². The Hall–Kier alpha value is -2.09. The van der Waals surface area contributed by atoms with Gasteiger partial charge in [-0.3, -0.25) is 9.59 Å². The Bertz CT molecular complexity index is 494. The van der Waals surface area contributed by atoms with Crippen LogP contribution in [-0.4, -0.2) is 17.7 Å². The van der Waals surface area contributed by atoms with Crippen molar-refractivity contribution in [3.05, 3.63) is 23.7 Å². The van der Waals surface area contributed by atoms with Crippen molar-refractivity contribution in [1.29, 1.82) is 5.26 Å². The lowest BCUT2D eigenvalue weighted by molar-refractivity contribution is -0.122. The third kappa shape index (κ3) is 2.36. The zero-order chi connectivity index (χ0) is 12.4. The van der Waals surface area contributed by atoms with Gasteiger partial charge in [-0.25, -0.2) is 0 Å². The van der Waals surface area contributed by atoms with Gasteiger partial charge in [0.25, 0.3) is 0 Å². The molecule has 1 aliphatic rings. The first kappa shape index (κ1) is 11.4. The highest BCUT2D eigenvalue weighted by Crippen LogP contribution is 2.20. The van der Waals surface area contributed by atoms with Gasteiger partial charge in [0.2, 0.25) is 5.91 Å². The van der Waals surface area contributed by atoms with Crippen LogP contribution in [0.25, 0.3) is 0 Å². The van der Waals surface area contributed by atoms with Crippen LogP contribution in [0, 0.1) is 24.2 Å². The minimum atomic E-state index is -1.29. The summed E-state index contributed by atoms with van der Waals surface area (Å²) in [5, 5.41) is 11.6. The summed E-state index contributed by atoms with van der Waals surface area (Å²) in [6, 6.07) is 3.36. The van der Waals surface area contributed by atoms with Gasteiger partial charge in [-0.1, -0.05) is 0 Å². The maximum Gasteiger partial charge on any atom is 0.245 e. The number of hydrogen-bond acceptors (Lipinski definition) is 4. The Kier molecular flexibility index (Phi) is 2.96. The molecule has 2 rings (SSSR count). The van der Waals surface area contributed by atoms with E-state index in [1.807, 2.05) is 0 Å². The van der Waals surface area contributed by atoms with Crippen LogP contribution in [0.3, 0.4) is 0 Å². The van der Waals surface area contributed by atoms with E-state index in [1.54, 1.807) is 13.0 Å². The summed E-state index contributed by atoms with van der Waals surface area (Å²) in [6.07, 6.45) is 3.21. The molecule has 88 valence electrons. The van der Waals surface area contributed by atoms with Crippen LogP contribution in [-0.2, 0) is 4.79 Å². The van der Waals surface area contributed by atoms with Gasteiger partial charge in [-0.2, -0.15) is 5.26 Å². The van der Waals surface area contributed by atoms with Crippen LogP contribution in [0.4, 0.5) is 0 Å². The predicted octanol–water partition coefficient (Wildman–Crippen LogP) is 1.19. The molecule has 0 saturated heterocycles. The fraction of sp³-hybridized carbons (Fsp3) is 0.417. The first-order valence-electron chi connectivity index (χ1n) is 5.41. The number of nitrogens with zero attached hydrogens (tertiary/aromatic N) is 1. The van der Waals surface area contributed by atoms with E-state index < -0.39 is 17.6 Å². The molecule has 17 heavy (non-hydrogen) atoms. The van der Waals surface area contributed by atoms with Crippen molar-refractivity contribution >= 4 is 11.7 Å². The molecule has 1 heterocycles. The van der Waals surface area contributed by atoms with Gasteiger partial charge in [0.1, 0.15) is 5.76 Å². The van der Waals surface area contributed by atoms with Gasteiger partial charge in [0, 0.05) is 6.04 Å². The molecule has 1 aliphatic carbocycles. The second-order valence-corrected chi connectivity index (χ2v) is 4.10. The van der Waals surface area contributed by atoms with Crippen molar-refractivity contribution in [1.82, 2.24) is 5.32 Å². The molecule has 1 saturated carbocycles. The van der Waals surface area contributed by atoms with Crippen molar-refractivity contribution in [2.75, 3.05) is 0 Å². The summed E-state index contributed by atoms with van der Waals surface area (Å²) in [7, 11) is 0. The summed E-state index contributed by atoms with van der Waals surface area (Å²) in [4.78, 5) is 23.6. The minimum absolute atomic E-state index is 0.136. The summed E-state index contributed by atoms with van der Waals surface area (Å²) < 4.78 is 4.99. The Balaban J connectivity index is 2.13. The zero-order valence-corrected chi connectivity index (χ0v) is 9.40. The quantitative estimate of drug-likeness (QED) is 0.624. The highest BCUT2D eigenvalue weighted by molar-refractivity contribution is 6.12. The largest absolute Gasteiger partial charge is 0.469 e. The van der Waals surface area contributed by atoms with Gasteiger partial charge < -0.3 is 9.73 Å². The van der Waals surface area contributed by atoms with E-state index in [-0.39, 0.29) is 6.04 Å². The van der Waals surface area contributed by atoms with E-state index in [9.17, 15) is 9.59 Å². The van der Waals surface area contributed by atoms with Crippen LogP contribution in [0.5, 0.6) is 0 Å². The molecule has 1 amide bonds. The molecule has 1 fully saturated rings. The molecule has 1 atom stereocenters. The van der Waals surface area contributed by atoms with E-state index in [1.165, 1.54) is 12.3 Å². The van der Waals surface area contributed by atoms with E-state index in [2.05, 4.69) is 5.32 Å². The average Bonchev–Trinajstić information content (AvgIpc) is 2.99. The number of nitrogens with one attached hydrogen (secondary N) is 1. The third-order valence-electron chi connectivity index (χ3n) is 2.70. The Morgan fingerprint density at radius 2 is 2.29 bits per heavy atom. The smallest absolute Gasteiger partial charge is 0.245 e. The molecule has 0 aliphatic heterocycles. The summed E-state index contributed by atoms with van der Waals surface area (Å²) >= 11 is 0. The molecule has 0 spiro atoms. The normalized spacial score (nSPS) is 16.0. The molecular formula is C12H12N2O3. The van der Waals surface area contributed by atoms with Crippen LogP contribution in [0.2, 0.25) is 0 Å². The number of Topliss-reactive ketones (excluding diaryl/α,β-unsaturated/α-hetero) is 1. The lowest BCUT2D eigenvalue weighted by atomic mass is 9.98. The molecule has 5 heteroatoms.